The number of aromatic nitrogens is 2. The zero-order chi connectivity index (χ0) is 19.0. The van der Waals surface area contributed by atoms with E-state index in [1.807, 2.05) is 31.2 Å². The molecule has 1 heterocycles. The molecule has 0 unspecified atom stereocenters. The van der Waals surface area contributed by atoms with Crippen molar-refractivity contribution in [1.29, 1.82) is 0 Å². The molecule has 1 aliphatic rings. The van der Waals surface area contributed by atoms with Gasteiger partial charge in [-0.25, -0.2) is 9.37 Å². The molecule has 0 bridgehead atoms. The van der Waals surface area contributed by atoms with Gasteiger partial charge in [0.05, 0.1) is 17.4 Å². The molecular formula is C23H29ClFN3. The third-order valence-corrected chi connectivity index (χ3v) is 6.13. The summed E-state index contributed by atoms with van der Waals surface area (Å²) in [6.45, 7) is 7.30. The summed E-state index contributed by atoms with van der Waals surface area (Å²) in [6.07, 6.45) is 6.52. The largest absolute Gasteiger partial charge is 0.345 e. The van der Waals surface area contributed by atoms with Crippen molar-refractivity contribution in [3.05, 3.63) is 53.6 Å². The minimum Gasteiger partial charge on any atom is -0.345 e. The minimum absolute atomic E-state index is 0. The summed E-state index contributed by atoms with van der Waals surface area (Å²) < 4.78 is 14.7. The summed E-state index contributed by atoms with van der Waals surface area (Å²) in [7, 11) is 0. The van der Waals surface area contributed by atoms with Crippen LogP contribution in [-0.4, -0.2) is 16.0 Å². The number of H-pyrrole nitrogens is 1. The van der Waals surface area contributed by atoms with Crippen LogP contribution in [0.5, 0.6) is 0 Å². The number of hydrogen-bond donors (Lipinski definition) is 2. The van der Waals surface area contributed by atoms with E-state index in [9.17, 15) is 4.39 Å². The molecule has 0 saturated heterocycles. The van der Waals surface area contributed by atoms with Gasteiger partial charge >= 0.3 is 0 Å². The van der Waals surface area contributed by atoms with Gasteiger partial charge in [0, 0.05) is 18.2 Å². The van der Waals surface area contributed by atoms with Crippen molar-refractivity contribution in [3.8, 4) is 11.1 Å². The highest BCUT2D eigenvalue weighted by Crippen LogP contribution is 2.35. The van der Waals surface area contributed by atoms with Gasteiger partial charge in [0.2, 0.25) is 0 Å². The number of imidazole rings is 1. The molecular weight excluding hydrogens is 373 g/mol. The lowest BCUT2D eigenvalue weighted by Gasteiger charge is -2.34. The van der Waals surface area contributed by atoms with Gasteiger partial charge in [0.25, 0.3) is 0 Å². The van der Waals surface area contributed by atoms with Crippen molar-refractivity contribution < 1.29 is 4.39 Å². The first-order chi connectivity index (χ1) is 12.9. The fraction of sp³-hybridized carbons (Fsp3) is 0.435. The molecule has 2 N–H and O–H groups in total. The van der Waals surface area contributed by atoms with Crippen molar-refractivity contribution in [2.75, 3.05) is 0 Å². The Labute approximate surface area is 172 Å². The van der Waals surface area contributed by atoms with E-state index in [2.05, 4.69) is 29.1 Å². The Hall–Kier alpha value is -1.91. The standard InChI is InChI=1S/C23H28FN3.ClH/c1-15-19(6-7-21-22(15)27-14-26-21)16-4-5-17(20(24)12-16)13-25-18-8-10-23(2,3)11-9-18;/h4-7,12,14,18,25H,8-11,13H2,1-3H3,(H,26,27);1H. The Balaban J connectivity index is 0.00000225. The first-order valence-electron chi connectivity index (χ1n) is 9.88. The second-order valence-electron chi connectivity index (χ2n) is 8.66. The number of hydrogen-bond acceptors (Lipinski definition) is 2. The monoisotopic (exact) mass is 401 g/mol. The zero-order valence-electron chi connectivity index (χ0n) is 16.8. The molecule has 1 fully saturated rings. The van der Waals surface area contributed by atoms with Crippen LogP contribution in [0.25, 0.3) is 22.2 Å². The molecule has 0 atom stereocenters. The van der Waals surface area contributed by atoms with Crippen LogP contribution in [0, 0.1) is 18.2 Å². The Bertz CT molecular complexity index is 954. The van der Waals surface area contributed by atoms with Crippen LogP contribution in [0.15, 0.2) is 36.7 Å². The van der Waals surface area contributed by atoms with Crippen molar-refractivity contribution in [2.45, 2.75) is 59.0 Å². The maximum absolute atomic E-state index is 14.7. The number of aromatic amines is 1. The Morgan fingerprint density at radius 1 is 1.18 bits per heavy atom. The fourth-order valence-electron chi connectivity index (χ4n) is 4.18. The molecule has 0 amide bonds. The van der Waals surface area contributed by atoms with Gasteiger partial charge in [0.15, 0.2) is 0 Å². The van der Waals surface area contributed by atoms with Gasteiger partial charge in [-0.15, -0.1) is 12.4 Å². The summed E-state index contributed by atoms with van der Waals surface area (Å²) in [4.78, 5) is 7.50. The third-order valence-electron chi connectivity index (χ3n) is 6.13. The third kappa shape index (κ3) is 4.23. The summed E-state index contributed by atoms with van der Waals surface area (Å²) in [5.74, 6) is -0.141. The molecule has 150 valence electrons. The maximum atomic E-state index is 14.7. The van der Waals surface area contributed by atoms with Crippen LogP contribution < -0.4 is 5.32 Å². The first kappa shape index (κ1) is 20.8. The van der Waals surface area contributed by atoms with Gasteiger partial charge in [0.1, 0.15) is 5.82 Å². The van der Waals surface area contributed by atoms with Crippen molar-refractivity contribution in [2.24, 2.45) is 5.41 Å². The molecule has 3 nitrogen and oxygen atoms in total. The number of benzene rings is 2. The molecule has 0 radical (unpaired) electrons. The van der Waals surface area contributed by atoms with E-state index in [0.29, 0.717) is 18.0 Å². The summed E-state index contributed by atoms with van der Waals surface area (Å²) in [5.41, 5.74) is 6.15. The van der Waals surface area contributed by atoms with Crippen LogP contribution in [-0.2, 0) is 6.54 Å². The molecule has 1 saturated carbocycles. The molecule has 28 heavy (non-hydrogen) atoms. The zero-order valence-corrected chi connectivity index (χ0v) is 17.6. The first-order valence-corrected chi connectivity index (χ1v) is 9.88. The summed E-state index contributed by atoms with van der Waals surface area (Å²) in [5, 5.41) is 3.55. The Morgan fingerprint density at radius 3 is 2.64 bits per heavy atom. The van der Waals surface area contributed by atoms with Crippen LogP contribution in [0.1, 0.15) is 50.7 Å². The molecule has 0 spiro atoms. The average molecular weight is 402 g/mol. The van der Waals surface area contributed by atoms with E-state index in [-0.39, 0.29) is 18.2 Å². The predicted octanol–water partition coefficient (Wildman–Crippen LogP) is 6.16. The second-order valence-corrected chi connectivity index (χ2v) is 8.66. The number of nitrogens with zero attached hydrogens (tertiary/aromatic N) is 1. The highest BCUT2D eigenvalue weighted by atomic mass is 35.5. The summed E-state index contributed by atoms with van der Waals surface area (Å²) >= 11 is 0. The topological polar surface area (TPSA) is 40.7 Å². The minimum atomic E-state index is -0.141. The number of aryl methyl sites for hydroxylation is 1. The maximum Gasteiger partial charge on any atom is 0.128 e. The predicted molar refractivity (Wildman–Crippen MR) is 116 cm³/mol. The van der Waals surface area contributed by atoms with Crippen molar-refractivity contribution >= 4 is 23.4 Å². The lowest BCUT2D eigenvalue weighted by atomic mass is 9.75. The average Bonchev–Trinajstić information content (AvgIpc) is 3.12. The SMILES string of the molecule is Cc1c(-c2ccc(CNC3CCC(C)(C)CC3)c(F)c2)ccc2[nH]cnc12.Cl. The molecule has 0 aliphatic heterocycles. The molecule has 1 aliphatic carbocycles. The second kappa shape index (κ2) is 8.22. The molecule has 5 heteroatoms. The van der Waals surface area contributed by atoms with E-state index >= 15 is 0 Å². The highest BCUT2D eigenvalue weighted by Gasteiger charge is 2.26. The van der Waals surface area contributed by atoms with Gasteiger partial charge in [-0.2, -0.15) is 0 Å². The van der Waals surface area contributed by atoms with Crippen LogP contribution in [0.4, 0.5) is 4.39 Å². The quantitative estimate of drug-likeness (QED) is 0.549. The smallest absolute Gasteiger partial charge is 0.128 e. The molecule has 4 rings (SSSR count). The lowest BCUT2D eigenvalue weighted by molar-refractivity contribution is 0.205. The Morgan fingerprint density at radius 2 is 1.93 bits per heavy atom. The van der Waals surface area contributed by atoms with Gasteiger partial charge < -0.3 is 10.3 Å². The number of rotatable bonds is 4. The highest BCUT2D eigenvalue weighted by molar-refractivity contribution is 5.86. The van der Waals surface area contributed by atoms with Gasteiger partial charge in [-0.05, 0) is 66.8 Å². The van der Waals surface area contributed by atoms with Crippen molar-refractivity contribution in [3.63, 3.8) is 0 Å². The normalized spacial score (nSPS) is 16.9. The molecule has 3 aromatic rings. The van der Waals surface area contributed by atoms with E-state index < -0.39 is 0 Å². The van der Waals surface area contributed by atoms with E-state index in [4.69, 9.17) is 0 Å². The van der Waals surface area contributed by atoms with E-state index in [1.165, 1.54) is 25.7 Å². The van der Waals surface area contributed by atoms with Crippen LogP contribution in [0.2, 0.25) is 0 Å². The molecule has 1 aromatic heterocycles. The van der Waals surface area contributed by atoms with Crippen LogP contribution >= 0.6 is 12.4 Å². The number of fused-ring (bicyclic) bond motifs is 1. The van der Waals surface area contributed by atoms with E-state index in [0.717, 1.165) is 33.3 Å². The molecule has 2 aromatic carbocycles. The van der Waals surface area contributed by atoms with Gasteiger partial charge in [-0.1, -0.05) is 32.0 Å². The number of nitrogens with one attached hydrogen (secondary N) is 2. The van der Waals surface area contributed by atoms with Crippen molar-refractivity contribution in [1.82, 2.24) is 15.3 Å². The van der Waals surface area contributed by atoms with Gasteiger partial charge in [-0.3, -0.25) is 0 Å². The number of halogens is 2. The Kier molecular flexibility index (Phi) is 6.11. The fourth-order valence-corrected chi connectivity index (χ4v) is 4.18. The lowest BCUT2D eigenvalue weighted by Crippen LogP contribution is -2.35. The van der Waals surface area contributed by atoms with E-state index in [1.54, 1.807) is 12.4 Å². The summed E-state index contributed by atoms with van der Waals surface area (Å²) in [6, 6.07) is 10.1. The van der Waals surface area contributed by atoms with Crippen LogP contribution in [0.3, 0.4) is 0 Å².